The third kappa shape index (κ3) is 3.71. The van der Waals surface area contributed by atoms with Crippen molar-refractivity contribution in [1.29, 1.82) is 0 Å². The third-order valence-corrected chi connectivity index (χ3v) is 4.02. The van der Waals surface area contributed by atoms with Crippen LogP contribution in [0.15, 0.2) is 41.4 Å². The third-order valence-electron chi connectivity index (χ3n) is 2.63. The lowest BCUT2D eigenvalue weighted by atomic mass is 10.2. The molecule has 0 aliphatic rings. The molecule has 6 nitrogen and oxygen atoms in total. The number of nitrogens with two attached hydrogens (primary N) is 1. The zero-order valence-electron chi connectivity index (χ0n) is 11.0. The van der Waals surface area contributed by atoms with Gasteiger partial charge < -0.3 is 11.1 Å². The summed E-state index contributed by atoms with van der Waals surface area (Å²) >= 11 is 5.84. The molecule has 0 aliphatic heterocycles. The highest BCUT2D eigenvalue weighted by atomic mass is 35.5. The van der Waals surface area contributed by atoms with Crippen molar-refractivity contribution in [1.82, 2.24) is 4.98 Å². The number of sulfone groups is 1. The molecule has 0 saturated heterocycles. The number of hydrogen-bond acceptors (Lipinski definition) is 5. The Morgan fingerprint density at radius 1 is 1.33 bits per heavy atom. The molecule has 0 bridgehead atoms. The zero-order valence-corrected chi connectivity index (χ0v) is 12.6. The van der Waals surface area contributed by atoms with Gasteiger partial charge in [0.05, 0.1) is 10.6 Å². The van der Waals surface area contributed by atoms with Gasteiger partial charge in [-0.2, -0.15) is 0 Å². The molecule has 1 heterocycles. The van der Waals surface area contributed by atoms with E-state index in [4.69, 9.17) is 17.3 Å². The Hall–Kier alpha value is -2.12. The monoisotopic (exact) mass is 325 g/mol. The number of nitrogens with zero attached hydrogens (tertiary/aromatic N) is 1. The Bertz CT molecular complexity index is 806. The van der Waals surface area contributed by atoms with E-state index in [1.165, 1.54) is 24.4 Å². The first-order chi connectivity index (χ1) is 9.77. The van der Waals surface area contributed by atoms with Crippen LogP contribution in [-0.4, -0.2) is 25.6 Å². The number of anilines is 2. The van der Waals surface area contributed by atoms with Crippen LogP contribution in [0.4, 0.5) is 11.4 Å². The topological polar surface area (TPSA) is 102 Å². The Kier molecular flexibility index (Phi) is 4.15. The number of benzene rings is 1. The minimum atomic E-state index is -3.46. The standard InChI is InChI=1S/C13H12ClN3O3S/c1-21(19,20)10-6-8(5-9(15)7-10)13(18)17-11-3-2-4-16-12(11)14/h2-7H,15H2,1H3,(H,17,18). The number of carbonyl (C=O) groups excluding carboxylic acids is 1. The fourth-order valence-electron chi connectivity index (χ4n) is 1.64. The number of carbonyl (C=O) groups is 1. The Morgan fingerprint density at radius 2 is 2.05 bits per heavy atom. The number of pyridine rings is 1. The summed E-state index contributed by atoms with van der Waals surface area (Å²) in [6, 6.07) is 7.13. The van der Waals surface area contributed by atoms with Gasteiger partial charge in [-0.25, -0.2) is 13.4 Å². The average molecular weight is 326 g/mol. The van der Waals surface area contributed by atoms with Crippen LogP contribution in [0.3, 0.4) is 0 Å². The summed E-state index contributed by atoms with van der Waals surface area (Å²) in [5, 5.41) is 2.69. The van der Waals surface area contributed by atoms with Gasteiger partial charge in [0.2, 0.25) is 0 Å². The van der Waals surface area contributed by atoms with Gasteiger partial charge in [-0.15, -0.1) is 0 Å². The Morgan fingerprint density at radius 3 is 2.67 bits per heavy atom. The van der Waals surface area contributed by atoms with Crippen LogP contribution in [0.25, 0.3) is 0 Å². The molecule has 8 heteroatoms. The maximum absolute atomic E-state index is 12.1. The summed E-state index contributed by atoms with van der Waals surface area (Å²) in [5.74, 6) is -0.526. The van der Waals surface area contributed by atoms with E-state index in [9.17, 15) is 13.2 Å². The fraction of sp³-hybridized carbons (Fsp3) is 0.0769. The van der Waals surface area contributed by atoms with E-state index >= 15 is 0 Å². The maximum Gasteiger partial charge on any atom is 0.255 e. The molecule has 0 saturated carbocycles. The van der Waals surface area contributed by atoms with Crippen molar-refractivity contribution in [3.05, 3.63) is 47.2 Å². The second-order valence-electron chi connectivity index (χ2n) is 4.36. The molecule has 2 rings (SSSR count). The first kappa shape index (κ1) is 15.3. The number of halogens is 1. The molecule has 1 amide bonds. The van der Waals surface area contributed by atoms with Gasteiger partial charge in [0.1, 0.15) is 0 Å². The Balaban J connectivity index is 2.36. The summed E-state index contributed by atoms with van der Waals surface area (Å²) in [6.07, 6.45) is 2.53. The van der Waals surface area contributed by atoms with Gasteiger partial charge in [-0.1, -0.05) is 11.6 Å². The SMILES string of the molecule is CS(=O)(=O)c1cc(N)cc(C(=O)Nc2cccnc2Cl)c1. The van der Waals surface area contributed by atoms with Crippen molar-refractivity contribution in [2.24, 2.45) is 0 Å². The van der Waals surface area contributed by atoms with Crippen LogP contribution in [0.1, 0.15) is 10.4 Å². The van der Waals surface area contributed by atoms with Gasteiger partial charge >= 0.3 is 0 Å². The van der Waals surface area contributed by atoms with Gasteiger partial charge in [-0.05, 0) is 30.3 Å². The molecule has 21 heavy (non-hydrogen) atoms. The first-order valence-electron chi connectivity index (χ1n) is 5.80. The molecule has 0 aliphatic carbocycles. The summed E-state index contributed by atoms with van der Waals surface area (Å²) < 4.78 is 23.1. The molecule has 110 valence electrons. The van der Waals surface area contributed by atoms with E-state index < -0.39 is 15.7 Å². The molecule has 1 aromatic carbocycles. The second kappa shape index (κ2) is 5.71. The lowest BCUT2D eigenvalue weighted by Crippen LogP contribution is -2.14. The highest BCUT2D eigenvalue weighted by Crippen LogP contribution is 2.21. The molecule has 0 spiro atoms. The van der Waals surface area contributed by atoms with Crippen LogP contribution >= 0.6 is 11.6 Å². The van der Waals surface area contributed by atoms with E-state index in [-0.39, 0.29) is 21.3 Å². The minimum absolute atomic E-state index is 0.0232. The summed E-state index contributed by atoms with van der Waals surface area (Å²) in [5.41, 5.74) is 6.26. The molecule has 2 aromatic rings. The van der Waals surface area contributed by atoms with Gasteiger partial charge in [-0.3, -0.25) is 4.79 Å². The summed E-state index contributed by atoms with van der Waals surface area (Å²) in [7, 11) is -3.46. The van der Waals surface area contributed by atoms with Crippen molar-refractivity contribution in [2.45, 2.75) is 4.90 Å². The molecule has 0 atom stereocenters. The number of nitrogens with one attached hydrogen (secondary N) is 1. The normalized spacial score (nSPS) is 11.1. The Labute approximate surface area is 126 Å². The van der Waals surface area contributed by atoms with Gasteiger partial charge in [0, 0.05) is 23.7 Å². The van der Waals surface area contributed by atoms with Crippen molar-refractivity contribution >= 4 is 38.7 Å². The minimum Gasteiger partial charge on any atom is -0.399 e. The second-order valence-corrected chi connectivity index (χ2v) is 6.73. The number of hydrogen-bond donors (Lipinski definition) is 2. The van der Waals surface area contributed by atoms with Crippen LogP contribution in [-0.2, 0) is 9.84 Å². The molecular weight excluding hydrogens is 314 g/mol. The number of amides is 1. The number of rotatable bonds is 3. The quantitative estimate of drug-likeness (QED) is 0.663. The molecule has 0 unspecified atom stereocenters. The lowest BCUT2D eigenvalue weighted by molar-refractivity contribution is 0.102. The highest BCUT2D eigenvalue weighted by molar-refractivity contribution is 7.90. The summed E-state index contributed by atoms with van der Waals surface area (Å²) in [6.45, 7) is 0. The van der Waals surface area contributed by atoms with Gasteiger partial charge in [0.15, 0.2) is 15.0 Å². The van der Waals surface area contributed by atoms with Crippen molar-refractivity contribution < 1.29 is 13.2 Å². The molecule has 0 radical (unpaired) electrons. The van der Waals surface area contributed by atoms with Crippen molar-refractivity contribution in [3.8, 4) is 0 Å². The maximum atomic E-state index is 12.1. The number of nitrogen functional groups attached to an aromatic ring is 1. The largest absolute Gasteiger partial charge is 0.399 e. The van der Waals surface area contributed by atoms with E-state index in [2.05, 4.69) is 10.3 Å². The fourth-order valence-corrected chi connectivity index (χ4v) is 2.50. The van der Waals surface area contributed by atoms with E-state index in [1.54, 1.807) is 12.1 Å². The van der Waals surface area contributed by atoms with Crippen LogP contribution in [0.5, 0.6) is 0 Å². The summed E-state index contributed by atoms with van der Waals surface area (Å²) in [4.78, 5) is 16.0. The van der Waals surface area contributed by atoms with E-state index in [0.717, 1.165) is 6.26 Å². The molecule has 3 N–H and O–H groups in total. The van der Waals surface area contributed by atoms with Crippen LogP contribution in [0.2, 0.25) is 5.15 Å². The van der Waals surface area contributed by atoms with Crippen molar-refractivity contribution in [3.63, 3.8) is 0 Å². The molecule has 1 aromatic heterocycles. The first-order valence-corrected chi connectivity index (χ1v) is 8.07. The zero-order chi connectivity index (χ0) is 15.6. The van der Waals surface area contributed by atoms with Gasteiger partial charge in [0.25, 0.3) is 5.91 Å². The molecular formula is C13H12ClN3O3S. The molecule has 0 fully saturated rings. The lowest BCUT2D eigenvalue weighted by Gasteiger charge is -2.08. The number of aromatic nitrogens is 1. The smallest absolute Gasteiger partial charge is 0.255 e. The van der Waals surface area contributed by atoms with Crippen LogP contribution < -0.4 is 11.1 Å². The van der Waals surface area contributed by atoms with E-state index in [1.807, 2.05) is 0 Å². The predicted octanol–water partition coefficient (Wildman–Crippen LogP) is 1.97. The van der Waals surface area contributed by atoms with E-state index in [0.29, 0.717) is 5.69 Å². The van der Waals surface area contributed by atoms with Crippen LogP contribution in [0, 0.1) is 0 Å². The predicted molar refractivity (Wildman–Crippen MR) is 81.2 cm³/mol. The highest BCUT2D eigenvalue weighted by Gasteiger charge is 2.14. The van der Waals surface area contributed by atoms with Crippen molar-refractivity contribution in [2.75, 3.05) is 17.3 Å². The average Bonchev–Trinajstić information content (AvgIpc) is 2.39.